The van der Waals surface area contributed by atoms with Crippen LogP contribution >= 0.6 is 0 Å². The molecule has 2 aromatic heterocycles. The van der Waals surface area contributed by atoms with E-state index in [1.165, 1.54) is 0 Å². The predicted octanol–water partition coefficient (Wildman–Crippen LogP) is 4.68. The standard InChI is InChI=1S/C24H27N3O3/c1-5-30-24(29)20-14-21(19-9-6-16(2)7-10-19)27(18(20)4)13-12-23(28)26-22-11-8-17(3)15-25-22/h6-11,14-15H,5,12-13H2,1-4H3,(H,25,26,28). The second-order valence-electron chi connectivity index (χ2n) is 7.29. The van der Waals surface area contributed by atoms with Crippen molar-refractivity contribution in [3.8, 4) is 11.3 Å². The number of hydrogen-bond donors (Lipinski definition) is 1. The van der Waals surface area contributed by atoms with Gasteiger partial charge in [0.05, 0.1) is 12.2 Å². The van der Waals surface area contributed by atoms with Gasteiger partial charge < -0.3 is 14.6 Å². The number of nitrogens with one attached hydrogen (secondary N) is 1. The molecule has 0 bridgehead atoms. The fourth-order valence-corrected chi connectivity index (χ4v) is 3.27. The average molecular weight is 405 g/mol. The third-order valence-corrected chi connectivity index (χ3v) is 4.95. The Bertz CT molecular complexity index is 1030. The number of pyridine rings is 1. The van der Waals surface area contributed by atoms with Crippen molar-refractivity contribution in [2.45, 2.75) is 40.7 Å². The summed E-state index contributed by atoms with van der Waals surface area (Å²) >= 11 is 0. The van der Waals surface area contributed by atoms with Gasteiger partial charge in [-0.25, -0.2) is 9.78 Å². The average Bonchev–Trinajstić information content (AvgIpc) is 3.05. The van der Waals surface area contributed by atoms with E-state index in [9.17, 15) is 9.59 Å². The molecule has 0 fully saturated rings. The molecule has 1 N–H and O–H groups in total. The molecule has 0 spiro atoms. The Morgan fingerprint density at radius 2 is 1.73 bits per heavy atom. The fourth-order valence-electron chi connectivity index (χ4n) is 3.27. The molecule has 3 aromatic rings. The number of anilines is 1. The maximum Gasteiger partial charge on any atom is 0.339 e. The zero-order valence-corrected chi connectivity index (χ0v) is 17.9. The molecule has 1 amide bonds. The Morgan fingerprint density at radius 3 is 2.37 bits per heavy atom. The summed E-state index contributed by atoms with van der Waals surface area (Å²) in [6, 6.07) is 13.6. The van der Waals surface area contributed by atoms with E-state index in [0.717, 1.165) is 28.1 Å². The molecule has 0 radical (unpaired) electrons. The van der Waals surface area contributed by atoms with E-state index in [4.69, 9.17) is 4.74 Å². The van der Waals surface area contributed by atoms with Crippen molar-refractivity contribution < 1.29 is 14.3 Å². The summed E-state index contributed by atoms with van der Waals surface area (Å²) < 4.78 is 7.21. The first kappa shape index (κ1) is 21.3. The van der Waals surface area contributed by atoms with Gasteiger partial charge in [0.1, 0.15) is 5.82 Å². The first-order chi connectivity index (χ1) is 14.4. The van der Waals surface area contributed by atoms with E-state index >= 15 is 0 Å². The molecule has 0 atom stereocenters. The van der Waals surface area contributed by atoms with Crippen LogP contribution in [0.1, 0.15) is 40.5 Å². The molecule has 6 nitrogen and oxygen atoms in total. The number of amides is 1. The molecule has 0 saturated heterocycles. The van der Waals surface area contributed by atoms with Crippen LogP contribution < -0.4 is 5.32 Å². The van der Waals surface area contributed by atoms with Gasteiger partial charge >= 0.3 is 5.97 Å². The predicted molar refractivity (Wildman–Crippen MR) is 118 cm³/mol. The molecular weight excluding hydrogens is 378 g/mol. The zero-order valence-electron chi connectivity index (χ0n) is 17.9. The maximum atomic E-state index is 12.5. The number of carbonyl (C=O) groups excluding carboxylic acids is 2. The fraction of sp³-hybridized carbons (Fsp3) is 0.292. The molecule has 0 aliphatic carbocycles. The summed E-state index contributed by atoms with van der Waals surface area (Å²) in [6.07, 6.45) is 1.97. The van der Waals surface area contributed by atoms with Crippen LogP contribution in [-0.4, -0.2) is 28.0 Å². The van der Waals surface area contributed by atoms with Crippen molar-refractivity contribution in [1.29, 1.82) is 0 Å². The molecule has 0 saturated carbocycles. The first-order valence-electron chi connectivity index (χ1n) is 10.1. The molecule has 2 heterocycles. The summed E-state index contributed by atoms with van der Waals surface area (Å²) in [7, 11) is 0. The molecular formula is C24H27N3O3. The summed E-state index contributed by atoms with van der Waals surface area (Å²) in [5.41, 5.74) is 5.37. The Kier molecular flexibility index (Phi) is 6.67. The smallest absolute Gasteiger partial charge is 0.339 e. The van der Waals surface area contributed by atoms with Gasteiger partial charge in [-0.1, -0.05) is 35.9 Å². The lowest BCUT2D eigenvalue weighted by atomic mass is 10.1. The number of hydrogen-bond acceptors (Lipinski definition) is 4. The summed E-state index contributed by atoms with van der Waals surface area (Å²) in [5, 5.41) is 2.82. The van der Waals surface area contributed by atoms with Crippen LogP contribution in [0.25, 0.3) is 11.3 Å². The largest absolute Gasteiger partial charge is 0.462 e. The highest BCUT2D eigenvalue weighted by molar-refractivity contribution is 5.93. The third kappa shape index (κ3) is 4.95. The van der Waals surface area contributed by atoms with Crippen molar-refractivity contribution in [2.24, 2.45) is 0 Å². The van der Waals surface area contributed by atoms with Crippen LogP contribution in [-0.2, 0) is 16.1 Å². The second-order valence-corrected chi connectivity index (χ2v) is 7.29. The number of rotatable bonds is 7. The number of carbonyl (C=O) groups is 2. The lowest BCUT2D eigenvalue weighted by Gasteiger charge is -2.12. The van der Waals surface area contributed by atoms with Crippen molar-refractivity contribution in [3.05, 3.63) is 71.0 Å². The van der Waals surface area contributed by atoms with Crippen LogP contribution in [0.5, 0.6) is 0 Å². The molecule has 0 aliphatic heterocycles. The third-order valence-electron chi connectivity index (χ3n) is 4.95. The van der Waals surface area contributed by atoms with Gasteiger partial charge in [-0.2, -0.15) is 0 Å². The monoisotopic (exact) mass is 405 g/mol. The van der Waals surface area contributed by atoms with Gasteiger partial charge in [0.25, 0.3) is 0 Å². The van der Waals surface area contributed by atoms with Crippen molar-refractivity contribution in [2.75, 3.05) is 11.9 Å². The van der Waals surface area contributed by atoms with Crippen molar-refractivity contribution in [3.63, 3.8) is 0 Å². The number of esters is 1. The minimum absolute atomic E-state index is 0.132. The first-order valence-corrected chi connectivity index (χ1v) is 10.1. The van der Waals surface area contributed by atoms with Crippen LogP contribution in [0.15, 0.2) is 48.7 Å². The highest BCUT2D eigenvalue weighted by Gasteiger charge is 2.20. The number of nitrogens with zero attached hydrogens (tertiary/aromatic N) is 2. The quantitative estimate of drug-likeness (QED) is 0.579. The highest BCUT2D eigenvalue weighted by Crippen LogP contribution is 2.27. The Labute approximate surface area is 176 Å². The molecule has 6 heteroatoms. The van der Waals surface area contributed by atoms with Gasteiger partial charge in [-0.3, -0.25) is 4.79 Å². The van der Waals surface area contributed by atoms with Crippen LogP contribution in [0.4, 0.5) is 5.82 Å². The summed E-state index contributed by atoms with van der Waals surface area (Å²) in [4.78, 5) is 29.1. The van der Waals surface area contributed by atoms with Gasteiger partial charge in [0.2, 0.25) is 5.91 Å². The molecule has 156 valence electrons. The number of benzene rings is 1. The topological polar surface area (TPSA) is 73.2 Å². The zero-order chi connectivity index (χ0) is 21.7. The van der Waals surface area contributed by atoms with Crippen molar-refractivity contribution in [1.82, 2.24) is 9.55 Å². The van der Waals surface area contributed by atoms with E-state index in [0.29, 0.717) is 24.5 Å². The maximum absolute atomic E-state index is 12.5. The minimum atomic E-state index is -0.351. The van der Waals surface area contributed by atoms with Gasteiger partial charge in [-0.05, 0) is 51.0 Å². The van der Waals surface area contributed by atoms with Gasteiger partial charge in [0, 0.05) is 30.6 Å². The number of aryl methyl sites for hydroxylation is 2. The second kappa shape index (κ2) is 9.39. The molecule has 3 rings (SSSR count). The molecule has 30 heavy (non-hydrogen) atoms. The van der Waals surface area contributed by atoms with Gasteiger partial charge in [-0.15, -0.1) is 0 Å². The van der Waals surface area contributed by atoms with E-state index in [2.05, 4.69) is 10.3 Å². The molecule has 0 aliphatic rings. The van der Waals surface area contributed by atoms with Crippen molar-refractivity contribution >= 4 is 17.7 Å². The SMILES string of the molecule is CCOC(=O)c1cc(-c2ccc(C)cc2)n(CCC(=O)Nc2ccc(C)cn2)c1C. The Hall–Kier alpha value is -3.41. The van der Waals surface area contributed by atoms with E-state index < -0.39 is 0 Å². The highest BCUT2D eigenvalue weighted by atomic mass is 16.5. The summed E-state index contributed by atoms with van der Waals surface area (Å²) in [5.74, 6) is 0.0446. The Morgan fingerprint density at radius 1 is 1.03 bits per heavy atom. The summed E-state index contributed by atoms with van der Waals surface area (Å²) in [6.45, 7) is 8.39. The lowest BCUT2D eigenvalue weighted by Crippen LogP contribution is -2.16. The normalized spacial score (nSPS) is 10.7. The van der Waals surface area contributed by atoms with Gasteiger partial charge in [0.15, 0.2) is 0 Å². The van der Waals surface area contributed by atoms with Crippen LogP contribution in [0, 0.1) is 20.8 Å². The Balaban J connectivity index is 1.84. The van der Waals surface area contributed by atoms with E-state index in [1.54, 1.807) is 19.2 Å². The van der Waals surface area contributed by atoms with Crippen LogP contribution in [0.2, 0.25) is 0 Å². The number of ether oxygens (including phenoxy) is 1. The van der Waals surface area contributed by atoms with E-state index in [1.807, 2.05) is 61.7 Å². The lowest BCUT2D eigenvalue weighted by molar-refractivity contribution is -0.116. The van der Waals surface area contributed by atoms with E-state index in [-0.39, 0.29) is 18.3 Å². The minimum Gasteiger partial charge on any atom is -0.462 e. The van der Waals surface area contributed by atoms with Crippen LogP contribution in [0.3, 0.4) is 0 Å². The number of aromatic nitrogens is 2. The molecule has 0 unspecified atom stereocenters. The molecule has 1 aromatic carbocycles.